The highest BCUT2D eigenvalue weighted by atomic mass is 19.1. The lowest BCUT2D eigenvalue weighted by Gasteiger charge is -2.51. The maximum absolute atomic E-state index is 13.4. The van der Waals surface area contributed by atoms with E-state index in [-0.39, 0.29) is 23.0 Å². The third kappa shape index (κ3) is 4.76. The van der Waals surface area contributed by atoms with Crippen molar-refractivity contribution in [3.8, 4) is 0 Å². The van der Waals surface area contributed by atoms with Crippen molar-refractivity contribution < 1.29 is 14.0 Å². The lowest BCUT2D eigenvalue weighted by atomic mass is 9.52. The van der Waals surface area contributed by atoms with Gasteiger partial charge in [-0.15, -0.1) is 0 Å². The number of Topliss-reactive ketones (excluding diaryl/α,β-unsaturated/α-hetero) is 1. The predicted molar refractivity (Wildman–Crippen MR) is 134 cm³/mol. The molecule has 0 aliphatic heterocycles. The number of amides is 1. The summed E-state index contributed by atoms with van der Waals surface area (Å²) in [5, 5.41) is 2.74. The second-order valence-corrected chi connectivity index (χ2v) is 10.5. The van der Waals surface area contributed by atoms with Crippen molar-refractivity contribution in [3.63, 3.8) is 0 Å². The van der Waals surface area contributed by atoms with E-state index in [0.717, 1.165) is 38.5 Å². The fourth-order valence-electron chi connectivity index (χ4n) is 7.46. The van der Waals surface area contributed by atoms with E-state index in [2.05, 4.69) is 41.5 Å². The number of benzene rings is 1. The van der Waals surface area contributed by atoms with E-state index in [1.165, 1.54) is 30.5 Å². The predicted octanol–water partition coefficient (Wildman–Crippen LogP) is 6.31. The number of amidine groups is 1. The van der Waals surface area contributed by atoms with Gasteiger partial charge in [0.25, 0.3) is 0 Å². The van der Waals surface area contributed by atoms with Crippen LogP contribution in [-0.2, 0) is 16.0 Å². The SMILES string of the molecule is CCN=C(/C=C(\C)F)NC(=O)CCCC1CC(=O)[C@@]2(CC)CCC3c4ccccc4CCC3C12. The molecule has 1 N–H and O–H groups in total. The van der Waals surface area contributed by atoms with Gasteiger partial charge in [-0.05, 0) is 93.6 Å². The molecule has 3 aliphatic rings. The van der Waals surface area contributed by atoms with Gasteiger partial charge in [0.05, 0.1) is 0 Å². The first-order valence-electron chi connectivity index (χ1n) is 13.2. The number of carbonyl (C=O) groups excluding carboxylic acids is 2. The van der Waals surface area contributed by atoms with Gasteiger partial charge < -0.3 is 5.32 Å². The highest BCUT2D eigenvalue weighted by molar-refractivity contribution is 6.04. The minimum Gasteiger partial charge on any atom is -0.311 e. The zero-order valence-corrected chi connectivity index (χ0v) is 20.9. The molecule has 0 saturated heterocycles. The lowest BCUT2D eigenvalue weighted by molar-refractivity contribution is -0.131. The van der Waals surface area contributed by atoms with E-state index in [4.69, 9.17) is 0 Å². The molecule has 34 heavy (non-hydrogen) atoms. The van der Waals surface area contributed by atoms with Crippen LogP contribution in [0.3, 0.4) is 0 Å². The molecule has 1 aromatic carbocycles. The number of rotatable bonds is 7. The van der Waals surface area contributed by atoms with Crippen LogP contribution in [0.4, 0.5) is 4.39 Å². The largest absolute Gasteiger partial charge is 0.311 e. The average Bonchev–Trinajstić information content (AvgIpc) is 3.10. The summed E-state index contributed by atoms with van der Waals surface area (Å²) in [7, 11) is 0. The topological polar surface area (TPSA) is 58.5 Å². The van der Waals surface area contributed by atoms with Crippen LogP contribution in [0.2, 0.25) is 0 Å². The van der Waals surface area contributed by atoms with Crippen molar-refractivity contribution in [2.45, 2.75) is 84.5 Å². The zero-order chi connectivity index (χ0) is 24.3. The van der Waals surface area contributed by atoms with Crippen molar-refractivity contribution in [3.05, 3.63) is 47.3 Å². The Bertz CT molecular complexity index is 980. The van der Waals surface area contributed by atoms with Gasteiger partial charge in [0.15, 0.2) is 0 Å². The Hall–Kier alpha value is -2.30. The number of nitrogens with zero attached hydrogens (tertiary/aromatic N) is 1. The first kappa shape index (κ1) is 24.8. The number of carbonyl (C=O) groups is 2. The van der Waals surface area contributed by atoms with Crippen molar-refractivity contribution in [2.75, 3.05) is 6.54 Å². The van der Waals surface area contributed by atoms with E-state index >= 15 is 0 Å². The summed E-state index contributed by atoms with van der Waals surface area (Å²) in [5.74, 6) is 2.14. The Kier molecular flexibility index (Phi) is 7.69. The number of nitrogens with one attached hydrogen (secondary N) is 1. The van der Waals surface area contributed by atoms with Crippen LogP contribution in [0.15, 0.2) is 41.2 Å². The molecule has 4 unspecified atom stereocenters. The van der Waals surface area contributed by atoms with Gasteiger partial charge in [-0.3, -0.25) is 14.6 Å². The Labute approximate surface area is 203 Å². The molecule has 2 saturated carbocycles. The summed E-state index contributed by atoms with van der Waals surface area (Å²) in [5.41, 5.74) is 2.84. The minimum atomic E-state index is -0.381. The number of allylic oxidation sites excluding steroid dienone is 1. The van der Waals surface area contributed by atoms with E-state index in [1.54, 1.807) is 0 Å². The molecule has 2 fully saturated rings. The Morgan fingerprint density at radius 2 is 2.06 bits per heavy atom. The van der Waals surface area contributed by atoms with Gasteiger partial charge in [0.2, 0.25) is 5.91 Å². The van der Waals surface area contributed by atoms with Crippen molar-refractivity contribution in [2.24, 2.45) is 28.2 Å². The maximum atomic E-state index is 13.4. The third-order valence-corrected chi connectivity index (χ3v) is 8.77. The van der Waals surface area contributed by atoms with E-state index in [9.17, 15) is 14.0 Å². The van der Waals surface area contributed by atoms with E-state index < -0.39 is 0 Å². The Morgan fingerprint density at radius 1 is 1.26 bits per heavy atom. The first-order valence-corrected chi connectivity index (χ1v) is 13.2. The first-order chi connectivity index (χ1) is 16.4. The number of aryl methyl sites for hydroxylation is 1. The fraction of sp³-hybridized carbons (Fsp3) is 0.621. The molecule has 5 atom stereocenters. The average molecular weight is 467 g/mol. The molecule has 4 rings (SSSR count). The molecule has 0 spiro atoms. The zero-order valence-electron chi connectivity index (χ0n) is 20.9. The summed E-state index contributed by atoms with van der Waals surface area (Å²) < 4.78 is 13.3. The Balaban J connectivity index is 1.45. The lowest BCUT2D eigenvalue weighted by Crippen LogP contribution is -2.45. The molecule has 0 radical (unpaired) electrons. The van der Waals surface area contributed by atoms with Crippen LogP contribution in [0.25, 0.3) is 0 Å². The highest BCUT2D eigenvalue weighted by Gasteiger charge is 2.59. The molecule has 1 aromatic rings. The minimum absolute atomic E-state index is 0.135. The van der Waals surface area contributed by atoms with Gasteiger partial charge in [0, 0.05) is 30.9 Å². The normalized spacial score (nSPS) is 31.0. The maximum Gasteiger partial charge on any atom is 0.225 e. The monoisotopic (exact) mass is 466 g/mol. The summed E-state index contributed by atoms with van der Waals surface area (Å²) in [4.78, 5) is 30.0. The number of hydrogen-bond donors (Lipinski definition) is 1. The van der Waals surface area contributed by atoms with Crippen molar-refractivity contribution >= 4 is 17.5 Å². The number of halogens is 1. The van der Waals surface area contributed by atoms with Gasteiger partial charge in [0.1, 0.15) is 17.4 Å². The van der Waals surface area contributed by atoms with Crippen molar-refractivity contribution in [1.29, 1.82) is 0 Å². The molecular formula is C29H39FN2O2. The number of ketones is 1. The van der Waals surface area contributed by atoms with Crippen LogP contribution in [0.1, 0.15) is 89.2 Å². The second-order valence-electron chi connectivity index (χ2n) is 10.5. The molecule has 4 nitrogen and oxygen atoms in total. The third-order valence-electron chi connectivity index (χ3n) is 8.77. The van der Waals surface area contributed by atoms with Crippen molar-refractivity contribution in [1.82, 2.24) is 5.32 Å². The number of fused-ring (bicyclic) bond motifs is 5. The summed E-state index contributed by atoms with van der Waals surface area (Å²) in [6, 6.07) is 8.89. The number of hydrogen-bond acceptors (Lipinski definition) is 3. The van der Waals surface area contributed by atoms with Crippen LogP contribution < -0.4 is 5.32 Å². The number of aliphatic imine (C=N–C) groups is 1. The smallest absolute Gasteiger partial charge is 0.225 e. The van der Waals surface area contributed by atoms with Gasteiger partial charge in [-0.25, -0.2) is 4.39 Å². The van der Waals surface area contributed by atoms with Crippen LogP contribution >= 0.6 is 0 Å². The van der Waals surface area contributed by atoms with Crippen LogP contribution in [0.5, 0.6) is 0 Å². The molecule has 0 bridgehead atoms. The molecule has 0 aromatic heterocycles. The second kappa shape index (κ2) is 10.5. The van der Waals surface area contributed by atoms with Crippen LogP contribution in [-0.4, -0.2) is 24.1 Å². The van der Waals surface area contributed by atoms with E-state index in [1.807, 2.05) is 6.92 Å². The molecule has 0 heterocycles. The van der Waals surface area contributed by atoms with Gasteiger partial charge in [-0.2, -0.15) is 0 Å². The van der Waals surface area contributed by atoms with E-state index in [0.29, 0.717) is 48.8 Å². The van der Waals surface area contributed by atoms with Gasteiger partial charge >= 0.3 is 0 Å². The molecular weight excluding hydrogens is 427 g/mol. The molecule has 1 amide bonds. The van der Waals surface area contributed by atoms with Crippen LogP contribution in [0, 0.1) is 23.2 Å². The fourth-order valence-corrected chi connectivity index (χ4v) is 7.46. The summed E-state index contributed by atoms with van der Waals surface area (Å²) in [6.45, 7) is 5.88. The molecule has 3 aliphatic carbocycles. The summed E-state index contributed by atoms with van der Waals surface area (Å²) >= 11 is 0. The highest BCUT2D eigenvalue weighted by Crippen LogP contribution is 2.63. The quantitative estimate of drug-likeness (QED) is 0.378. The molecule has 184 valence electrons. The van der Waals surface area contributed by atoms with Gasteiger partial charge in [-0.1, -0.05) is 31.2 Å². The standard InChI is InChI=1S/C29H39FN2O2/c1-4-29-16-15-23-22-11-7-6-9-20(22)13-14-24(23)28(29)21(18-25(29)33)10-8-12-27(34)32-26(31-5-2)17-19(3)30/h6-7,9,11,17,21,23-24,28H,4-5,8,10,12-16,18H2,1-3H3,(H,31,32,34)/b19-17+/t21?,23?,24?,28?,29-/m1/s1. The Morgan fingerprint density at radius 3 is 2.79 bits per heavy atom. The summed E-state index contributed by atoms with van der Waals surface area (Å²) in [6.07, 6.45) is 9.27. The molecule has 5 heteroatoms.